The molecule has 0 bridgehead atoms. The highest BCUT2D eigenvalue weighted by Crippen LogP contribution is 2.41. The summed E-state index contributed by atoms with van der Waals surface area (Å²) in [7, 11) is -3.40. The molecule has 1 saturated carbocycles. The third-order valence-electron chi connectivity index (χ3n) is 3.93. The summed E-state index contributed by atoms with van der Waals surface area (Å²) in [6, 6.07) is -0.387. The van der Waals surface area contributed by atoms with Gasteiger partial charge in [0.2, 0.25) is 15.9 Å². The fourth-order valence-corrected chi connectivity index (χ4v) is 3.64. The number of carbonyl (C=O) groups excluding carboxylic acids is 1. The molecule has 9 heteroatoms. The van der Waals surface area contributed by atoms with E-state index >= 15 is 0 Å². The van der Waals surface area contributed by atoms with Crippen molar-refractivity contribution in [1.82, 2.24) is 9.62 Å². The zero-order valence-electron chi connectivity index (χ0n) is 11.7. The lowest BCUT2D eigenvalue weighted by Crippen LogP contribution is -2.41. The Morgan fingerprint density at radius 1 is 1.29 bits per heavy atom. The maximum absolute atomic E-state index is 12.2. The van der Waals surface area contributed by atoms with Gasteiger partial charge in [0.05, 0.1) is 12.7 Å². The molecule has 2 rings (SSSR count). The molecule has 0 aromatic carbocycles. The van der Waals surface area contributed by atoms with Gasteiger partial charge in [-0.3, -0.25) is 4.79 Å². The van der Waals surface area contributed by atoms with Gasteiger partial charge in [-0.25, -0.2) is 13.1 Å². The van der Waals surface area contributed by atoms with Gasteiger partial charge in [0.1, 0.15) is 0 Å². The fraction of sp³-hybridized carbons (Fsp3) is 0.917. The van der Waals surface area contributed by atoms with E-state index in [-0.39, 0.29) is 18.5 Å². The monoisotopic (exact) mass is 328 g/mol. The predicted molar refractivity (Wildman–Crippen MR) is 69.9 cm³/mol. The third-order valence-corrected chi connectivity index (χ3v) is 4.66. The maximum atomic E-state index is 12.2. The van der Waals surface area contributed by atoms with Crippen LogP contribution in [0.4, 0.5) is 13.2 Å². The second-order valence-corrected chi connectivity index (χ2v) is 7.69. The van der Waals surface area contributed by atoms with Gasteiger partial charge in [-0.05, 0) is 24.7 Å². The van der Waals surface area contributed by atoms with Crippen LogP contribution in [-0.4, -0.2) is 50.8 Å². The molecule has 0 aromatic rings. The Labute approximate surface area is 121 Å². The Hall–Kier alpha value is -0.830. The van der Waals surface area contributed by atoms with Crippen molar-refractivity contribution in [3.05, 3.63) is 0 Å². The number of amides is 1. The van der Waals surface area contributed by atoms with Crippen molar-refractivity contribution in [3.63, 3.8) is 0 Å². The topological polar surface area (TPSA) is 66.5 Å². The number of nitrogens with one attached hydrogen (secondary N) is 1. The van der Waals surface area contributed by atoms with Crippen molar-refractivity contribution in [2.75, 3.05) is 19.3 Å². The second kappa shape index (κ2) is 5.75. The second-order valence-electron chi connectivity index (χ2n) is 5.91. The van der Waals surface area contributed by atoms with E-state index in [1.165, 1.54) is 4.90 Å². The summed E-state index contributed by atoms with van der Waals surface area (Å²) < 4.78 is 61.7. The molecule has 1 aliphatic heterocycles. The smallest absolute Gasteiger partial charge is 0.341 e. The Balaban J connectivity index is 1.95. The highest BCUT2D eigenvalue weighted by molar-refractivity contribution is 7.88. The first-order valence-corrected chi connectivity index (χ1v) is 8.76. The lowest BCUT2D eigenvalue weighted by molar-refractivity contribution is -0.148. The molecule has 122 valence electrons. The third kappa shape index (κ3) is 5.14. The Bertz CT molecular complexity index is 502. The highest BCUT2D eigenvalue weighted by atomic mass is 32.2. The maximum Gasteiger partial charge on any atom is 0.389 e. The van der Waals surface area contributed by atoms with Gasteiger partial charge in [0, 0.05) is 25.6 Å². The van der Waals surface area contributed by atoms with Crippen molar-refractivity contribution in [3.8, 4) is 0 Å². The first kappa shape index (κ1) is 16.5. The van der Waals surface area contributed by atoms with Crippen LogP contribution in [-0.2, 0) is 14.8 Å². The number of rotatable bonds is 5. The quantitative estimate of drug-likeness (QED) is 0.822. The van der Waals surface area contributed by atoms with Crippen molar-refractivity contribution in [2.24, 2.45) is 11.8 Å². The zero-order valence-corrected chi connectivity index (χ0v) is 12.5. The Morgan fingerprint density at radius 3 is 2.38 bits per heavy atom. The number of hydrogen-bond acceptors (Lipinski definition) is 3. The zero-order chi connectivity index (χ0) is 15.8. The number of alkyl halides is 3. The van der Waals surface area contributed by atoms with Gasteiger partial charge in [0.25, 0.3) is 0 Å². The average Bonchev–Trinajstić information content (AvgIpc) is 3.06. The van der Waals surface area contributed by atoms with E-state index in [0.29, 0.717) is 12.5 Å². The lowest BCUT2D eigenvalue weighted by atomic mass is 9.99. The van der Waals surface area contributed by atoms with Crippen LogP contribution in [0, 0.1) is 11.8 Å². The molecule has 5 nitrogen and oxygen atoms in total. The molecule has 1 saturated heterocycles. The number of likely N-dealkylation sites (tertiary alicyclic amines) is 1. The van der Waals surface area contributed by atoms with Crippen LogP contribution in [0.5, 0.6) is 0 Å². The first-order chi connectivity index (χ1) is 9.55. The standard InChI is InChI=1S/C12H19F3N2O3S/c1-21(19,20)16-10-7-17(6-9(10)8-2-3-8)11(18)4-5-12(13,14)15/h8-10,16H,2-7H2,1H3/t9-,10+/m1/s1. The summed E-state index contributed by atoms with van der Waals surface area (Å²) in [5.41, 5.74) is 0. The minimum Gasteiger partial charge on any atom is -0.341 e. The Kier molecular flexibility index (Phi) is 4.53. The van der Waals surface area contributed by atoms with E-state index in [1.54, 1.807) is 0 Å². The summed E-state index contributed by atoms with van der Waals surface area (Å²) in [6.45, 7) is 0.499. The fourth-order valence-electron chi connectivity index (χ4n) is 2.84. The molecule has 0 spiro atoms. The summed E-state index contributed by atoms with van der Waals surface area (Å²) in [5.74, 6) is -0.185. The molecule has 0 unspecified atom stereocenters. The molecule has 2 fully saturated rings. The number of nitrogens with zero attached hydrogens (tertiary/aromatic N) is 1. The molecular formula is C12H19F3N2O3S. The number of halogens is 3. The summed E-state index contributed by atoms with van der Waals surface area (Å²) in [5, 5.41) is 0. The van der Waals surface area contributed by atoms with Gasteiger partial charge in [-0.1, -0.05) is 0 Å². The molecule has 2 atom stereocenters. The van der Waals surface area contributed by atoms with E-state index in [9.17, 15) is 26.4 Å². The largest absolute Gasteiger partial charge is 0.389 e. The van der Waals surface area contributed by atoms with Gasteiger partial charge < -0.3 is 4.90 Å². The summed E-state index contributed by atoms with van der Waals surface area (Å²) in [6.07, 6.45) is -3.05. The van der Waals surface area contributed by atoms with E-state index in [0.717, 1.165) is 19.1 Å². The predicted octanol–water partition coefficient (Wildman–Crippen LogP) is 1.12. The molecule has 0 radical (unpaired) electrons. The van der Waals surface area contributed by atoms with Crippen molar-refractivity contribution >= 4 is 15.9 Å². The van der Waals surface area contributed by atoms with Crippen LogP contribution in [0.15, 0.2) is 0 Å². The van der Waals surface area contributed by atoms with Gasteiger partial charge in [0.15, 0.2) is 0 Å². The number of sulfonamides is 1. The van der Waals surface area contributed by atoms with E-state index in [1.807, 2.05) is 0 Å². The molecule has 1 heterocycles. The lowest BCUT2D eigenvalue weighted by Gasteiger charge is -2.17. The average molecular weight is 328 g/mol. The highest BCUT2D eigenvalue weighted by Gasteiger charge is 2.44. The van der Waals surface area contributed by atoms with Gasteiger partial charge in [-0.15, -0.1) is 0 Å². The van der Waals surface area contributed by atoms with E-state index in [2.05, 4.69) is 4.72 Å². The molecule has 21 heavy (non-hydrogen) atoms. The van der Waals surface area contributed by atoms with E-state index in [4.69, 9.17) is 0 Å². The van der Waals surface area contributed by atoms with Crippen molar-refractivity contribution in [2.45, 2.75) is 37.9 Å². The van der Waals surface area contributed by atoms with Crippen LogP contribution in [0.1, 0.15) is 25.7 Å². The minimum absolute atomic E-state index is 0.00885. The number of hydrogen-bond donors (Lipinski definition) is 1. The number of carbonyl (C=O) groups is 1. The molecule has 1 aliphatic carbocycles. The molecule has 2 aliphatic rings. The van der Waals surface area contributed by atoms with Crippen molar-refractivity contribution < 1.29 is 26.4 Å². The van der Waals surface area contributed by atoms with Gasteiger partial charge >= 0.3 is 6.18 Å². The molecule has 0 aromatic heterocycles. The first-order valence-electron chi connectivity index (χ1n) is 6.87. The van der Waals surface area contributed by atoms with Crippen molar-refractivity contribution in [1.29, 1.82) is 0 Å². The molecule has 1 N–H and O–H groups in total. The summed E-state index contributed by atoms with van der Waals surface area (Å²) >= 11 is 0. The van der Waals surface area contributed by atoms with Gasteiger partial charge in [-0.2, -0.15) is 13.2 Å². The van der Waals surface area contributed by atoms with E-state index < -0.39 is 34.9 Å². The molecule has 1 amide bonds. The normalized spacial score (nSPS) is 27.1. The molecular weight excluding hydrogens is 309 g/mol. The van der Waals surface area contributed by atoms with Crippen LogP contribution in [0.25, 0.3) is 0 Å². The summed E-state index contributed by atoms with van der Waals surface area (Å²) in [4.78, 5) is 13.2. The van der Waals surface area contributed by atoms with Crippen LogP contribution in [0.3, 0.4) is 0 Å². The SMILES string of the molecule is CS(=O)(=O)N[C@H]1CN(C(=O)CCC(F)(F)F)C[C@@H]1C1CC1. The van der Waals surface area contributed by atoms with Crippen LogP contribution < -0.4 is 4.72 Å². The van der Waals surface area contributed by atoms with Crippen LogP contribution >= 0.6 is 0 Å². The Morgan fingerprint density at radius 2 is 1.90 bits per heavy atom. The van der Waals surface area contributed by atoms with Crippen LogP contribution in [0.2, 0.25) is 0 Å². The minimum atomic E-state index is -4.35.